The van der Waals surface area contributed by atoms with Gasteiger partial charge in [-0.25, -0.2) is 4.79 Å². The van der Waals surface area contributed by atoms with Crippen LogP contribution in [0.4, 0.5) is 11.4 Å². The molecule has 4 aromatic rings. The summed E-state index contributed by atoms with van der Waals surface area (Å²) in [5.41, 5.74) is 3.55. The Labute approximate surface area is 217 Å². The van der Waals surface area contributed by atoms with Crippen molar-refractivity contribution in [2.45, 2.75) is 25.5 Å². The summed E-state index contributed by atoms with van der Waals surface area (Å²) in [6, 6.07) is 28.8. The molecule has 5 rings (SSSR count). The van der Waals surface area contributed by atoms with E-state index < -0.39 is 5.97 Å². The van der Waals surface area contributed by atoms with Gasteiger partial charge in [0.25, 0.3) is 0 Å². The summed E-state index contributed by atoms with van der Waals surface area (Å²) in [5.74, 6) is 0.889. The van der Waals surface area contributed by atoms with Gasteiger partial charge in [0.05, 0.1) is 26.5 Å². The molecule has 1 N–H and O–H groups in total. The molecule has 0 aromatic heterocycles. The summed E-state index contributed by atoms with van der Waals surface area (Å²) < 4.78 is 16.8. The van der Waals surface area contributed by atoms with Gasteiger partial charge >= 0.3 is 5.97 Å². The second-order valence-electron chi connectivity index (χ2n) is 9.23. The van der Waals surface area contributed by atoms with Crippen LogP contribution in [0.15, 0.2) is 84.9 Å². The van der Waals surface area contributed by atoms with Crippen molar-refractivity contribution in [3.63, 3.8) is 0 Å². The van der Waals surface area contributed by atoms with Crippen LogP contribution in [0, 0.1) is 0 Å². The fraction of sp³-hybridized carbons (Fsp3) is 0.258. The normalized spacial score (nSPS) is 15.5. The van der Waals surface area contributed by atoms with E-state index in [0.717, 1.165) is 30.1 Å². The SMILES string of the molecule is COC(=O)c1cc(N2CC(CCN[C@H](C)c3cccc4ccccc34)Oc3ccccc32)ccc1OC. The molecule has 1 aliphatic rings. The van der Waals surface area contributed by atoms with Crippen molar-refractivity contribution in [3.05, 3.63) is 96.1 Å². The maximum Gasteiger partial charge on any atom is 0.341 e. The molecule has 0 amide bonds. The minimum absolute atomic E-state index is 0.0224. The number of methoxy groups -OCH3 is 2. The van der Waals surface area contributed by atoms with Crippen LogP contribution in [0.2, 0.25) is 0 Å². The van der Waals surface area contributed by atoms with Crippen LogP contribution in [0.5, 0.6) is 11.5 Å². The minimum Gasteiger partial charge on any atom is -0.496 e. The van der Waals surface area contributed by atoms with Gasteiger partial charge in [0.1, 0.15) is 23.2 Å². The lowest BCUT2D eigenvalue weighted by Crippen LogP contribution is -2.39. The first kappa shape index (κ1) is 24.7. The maximum atomic E-state index is 12.4. The molecular weight excluding hydrogens is 464 g/mol. The Bertz CT molecular complexity index is 1400. The highest BCUT2D eigenvalue weighted by Gasteiger charge is 2.28. The molecule has 190 valence electrons. The van der Waals surface area contributed by atoms with E-state index in [0.29, 0.717) is 17.9 Å². The van der Waals surface area contributed by atoms with E-state index in [9.17, 15) is 4.79 Å². The van der Waals surface area contributed by atoms with Crippen LogP contribution in [-0.2, 0) is 4.74 Å². The molecule has 6 nitrogen and oxygen atoms in total. The lowest BCUT2D eigenvalue weighted by molar-refractivity contribution is 0.0597. The Kier molecular flexibility index (Phi) is 7.28. The molecular formula is C31H32N2O4. The lowest BCUT2D eigenvalue weighted by atomic mass is 9.99. The van der Waals surface area contributed by atoms with Crippen molar-refractivity contribution in [1.29, 1.82) is 0 Å². The van der Waals surface area contributed by atoms with Gasteiger partial charge in [-0.1, -0.05) is 54.6 Å². The van der Waals surface area contributed by atoms with E-state index in [1.807, 2.05) is 42.5 Å². The minimum atomic E-state index is -0.427. The highest BCUT2D eigenvalue weighted by Crippen LogP contribution is 2.40. The number of benzene rings is 4. The monoisotopic (exact) mass is 496 g/mol. The van der Waals surface area contributed by atoms with Gasteiger partial charge in [0.15, 0.2) is 0 Å². The van der Waals surface area contributed by atoms with E-state index in [4.69, 9.17) is 14.2 Å². The first-order valence-corrected chi connectivity index (χ1v) is 12.6. The highest BCUT2D eigenvalue weighted by molar-refractivity contribution is 5.94. The molecule has 0 saturated heterocycles. The molecule has 6 heteroatoms. The number of nitrogens with zero attached hydrogens (tertiary/aromatic N) is 1. The Morgan fingerprint density at radius 3 is 2.65 bits per heavy atom. The number of para-hydroxylation sites is 2. The average molecular weight is 497 g/mol. The fourth-order valence-electron chi connectivity index (χ4n) is 5.03. The number of nitrogens with one attached hydrogen (secondary N) is 1. The Morgan fingerprint density at radius 1 is 1.03 bits per heavy atom. The Hall–Kier alpha value is -4.03. The number of anilines is 2. The second-order valence-corrected chi connectivity index (χ2v) is 9.23. The zero-order chi connectivity index (χ0) is 25.8. The fourth-order valence-corrected chi connectivity index (χ4v) is 5.03. The Morgan fingerprint density at radius 2 is 1.81 bits per heavy atom. The summed E-state index contributed by atoms with van der Waals surface area (Å²) in [4.78, 5) is 14.6. The summed E-state index contributed by atoms with van der Waals surface area (Å²) in [5, 5.41) is 6.22. The van der Waals surface area contributed by atoms with E-state index in [-0.39, 0.29) is 12.1 Å². The molecule has 0 aliphatic carbocycles. The van der Waals surface area contributed by atoms with Gasteiger partial charge in [-0.15, -0.1) is 0 Å². The molecule has 0 saturated carbocycles. The number of hydrogen-bond acceptors (Lipinski definition) is 6. The standard InChI is InChI=1S/C31H32N2O4/c1-21(25-12-8-10-22-9-4-5-11-26(22)25)32-18-17-24-20-33(28-13-6-7-14-30(28)37-24)23-15-16-29(35-2)27(19-23)31(34)36-3/h4-16,19,21,24,32H,17-18,20H2,1-3H3/t21-,24?/m1/s1. The van der Waals surface area contributed by atoms with Crippen molar-refractivity contribution in [1.82, 2.24) is 5.32 Å². The molecule has 0 spiro atoms. The van der Waals surface area contributed by atoms with Crippen LogP contribution >= 0.6 is 0 Å². The molecule has 1 aliphatic heterocycles. The van der Waals surface area contributed by atoms with E-state index >= 15 is 0 Å². The second kappa shape index (κ2) is 10.9. The van der Waals surface area contributed by atoms with Crippen LogP contribution in [0.3, 0.4) is 0 Å². The molecule has 4 aromatic carbocycles. The molecule has 2 atom stereocenters. The number of hydrogen-bond donors (Lipinski definition) is 1. The number of esters is 1. The first-order chi connectivity index (χ1) is 18.1. The van der Waals surface area contributed by atoms with Crippen molar-refractivity contribution in [3.8, 4) is 11.5 Å². The highest BCUT2D eigenvalue weighted by atomic mass is 16.5. The van der Waals surface area contributed by atoms with Crippen molar-refractivity contribution in [2.24, 2.45) is 0 Å². The number of carbonyl (C=O) groups is 1. The van der Waals surface area contributed by atoms with Crippen molar-refractivity contribution < 1.29 is 19.0 Å². The summed E-state index contributed by atoms with van der Waals surface area (Å²) in [7, 11) is 2.93. The third kappa shape index (κ3) is 5.11. The molecule has 37 heavy (non-hydrogen) atoms. The molecule has 1 unspecified atom stereocenters. The summed E-state index contributed by atoms with van der Waals surface area (Å²) in [6.45, 7) is 3.67. The van der Waals surface area contributed by atoms with Crippen molar-refractivity contribution >= 4 is 28.1 Å². The van der Waals surface area contributed by atoms with Gasteiger partial charge < -0.3 is 24.4 Å². The largest absolute Gasteiger partial charge is 0.496 e. The number of carbonyl (C=O) groups excluding carboxylic acids is 1. The van der Waals surface area contributed by atoms with E-state index in [1.54, 1.807) is 7.11 Å². The lowest BCUT2D eigenvalue weighted by Gasteiger charge is -2.36. The Balaban J connectivity index is 1.33. The van der Waals surface area contributed by atoms with Crippen LogP contribution < -0.4 is 19.7 Å². The van der Waals surface area contributed by atoms with Gasteiger partial charge in [0.2, 0.25) is 0 Å². The zero-order valence-corrected chi connectivity index (χ0v) is 21.4. The van der Waals surface area contributed by atoms with Gasteiger partial charge in [0, 0.05) is 11.7 Å². The van der Waals surface area contributed by atoms with E-state index in [2.05, 4.69) is 59.6 Å². The third-order valence-electron chi connectivity index (χ3n) is 6.94. The molecule has 1 heterocycles. The molecule has 0 bridgehead atoms. The number of ether oxygens (including phenoxy) is 3. The quantitative estimate of drug-likeness (QED) is 0.290. The predicted octanol–water partition coefficient (Wildman–Crippen LogP) is 6.28. The van der Waals surface area contributed by atoms with Crippen molar-refractivity contribution in [2.75, 3.05) is 32.2 Å². The van der Waals surface area contributed by atoms with Gasteiger partial charge in [-0.2, -0.15) is 0 Å². The van der Waals surface area contributed by atoms with Gasteiger partial charge in [-0.05, 0) is 66.6 Å². The number of fused-ring (bicyclic) bond motifs is 2. The number of rotatable bonds is 8. The first-order valence-electron chi connectivity index (χ1n) is 12.6. The molecule has 0 radical (unpaired) electrons. The zero-order valence-electron chi connectivity index (χ0n) is 21.4. The van der Waals surface area contributed by atoms with Crippen LogP contribution in [-0.4, -0.2) is 39.4 Å². The average Bonchev–Trinajstić information content (AvgIpc) is 2.95. The van der Waals surface area contributed by atoms with Gasteiger partial charge in [-0.3, -0.25) is 0 Å². The van der Waals surface area contributed by atoms with E-state index in [1.165, 1.54) is 23.4 Å². The molecule has 0 fully saturated rings. The third-order valence-corrected chi connectivity index (χ3v) is 6.94. The predicted molar refractivity (Wildman–Crippen MR) is 147 cm³/mol. The van der Waals surface area contributed by atoms with Crippen LogP contribution in [0.25, 0.3) is 10.8 Å². The smallest absolute Gasteiger partial charge is 0.341 e. The topological polar surface area (TPSA) is 60.0 Å². The van der Waals surface area contributed by atoms with Crippen LogP contribution in [0.1, 0.15) is 35.3 Å². The maximum absolute atomic E-state index is 12.4. The summed E-state index contributed by atoms with van der Waals surface area (Å²) in [6.07, 6.45) is 0.811. The summed E-state index contributed by atoms with van der Waals surface area (Å²) >= 11 is 0.